The molecule has 11 heteroatoms. The number of amidine groups is 1. The van der Waals surface area contributed by atoms with Crippen molar-refractivity contribution in [3.8, 4) is 0 Å². The first-order valence-corrected chi connectivity index (χ1v) is 10.9. The first-order chi connectivity index (χ1) is 14.6. The predicted molar refractivity (Wildman–Crippen MR) is 111 cm³/mol. The standard InChI is InChI=1S/C20H26F2N4O4S/c1-4-30-18(29)12-9-24-16(17-23-7-8-31-17)25-13(12)10-26-11-20(21,22)19(2,3)14(26)5-6-15(27)28/h7-8,14H,4-6,9-11H2,1-3H3,(H,24,25)(H,27,28)/t14-/m0/s1. The molecule has 0 unspecified atom stereocenters. The van der Waals surface area contributed by atoms with Gasteiger partial charge in [0, 0.05) is 41.7 Å². The smallest absolute Gasteiger partial charge is 0.337 e. The SMILES string of the molecule is CCOC(=O)C1=C(CN2CC(F)(F)C(C)(C)[C@@H]2CCC(=O)O)NC(c2nccs2)=NC1. The molecule has 3 heterocycles. The van der Waals surface area contributed by atoms with Crippen LogP contribution in [0.25, 0.3) is 0 Å². The summed E-state index contributed by atoms with van der Waals surface area (Å²) >= 11 is 1.36. The number of alkyl halides is 2. The average Bonchev–Trinajstić information content (AvgIpc) is 3.26. The molecule has 1 atom stereocenters. The van der Waals surface area contributed by atoms with Crippen molar-refractivity contribution in [2.24, 2.45) is 10.4 Å². The second-order valence-electron chi connectivity index (χ2n) is 8.08. The van der Waals surface area contributed by atoms with Gasteiger partial charge in [0.05, 0.1) is 25.3 Å². The molecule has 0 bridgehead atoms. The second kappa shape index (κ2) is 8.99. The molecular formula is C20H26F2N4O4S. The number of hydrogen-bond acceptors (Lipinski definition) is 8. The number of aliphatic carboxylic acids is 1. The fourth-order valence-electron chi connectivity index (χ4n) is 3.96. The van der Waals surface area contributed by atoms with Crippen molar-refractivity contribution >= 4 is 29.1 Å². The molecule has 3 rings (SSSR count). The number of esters is 1. The summed E-state index contributed by atoms with van der Waals surface area (Å²) in [6.45, 7) is 4.30. The van der Waals surface area contributed by atoms with Crippen LogP contribution in [0.2, 0.25) is 0 Å². The number of aromatic nitrogens is 1. The monoisotopic (exact) mass is 456 g/mol. The zero-order chi connectivity index (χ0) is 22.8. The van der Waals surface area contributed by atoms with Crippen LogP contribution in [0.3, 0.4) is 0 Å². The third-order valence-corrected chi connectivity index (χ3v) is 6.58. The predicted octanol–water partition coefficient (Wildman–Crippen LogP) is 2.52. The van der Waals surface area contributed by atoms with E-state index in [0.29, 0.717) is 16.5 Å². The van der Waals surface area contributed by atoms with E-state index < -0.39 is 35.9 Å². The maximum Gasteiger partial charge on any atom is 0.337 e. The number of halogens is 2. The maximum atomic E-state index is 14.8. The Morgan fingerprint density at radius 1 is 1.42 bits per heavy atom. The lowest BCUT2D eigenvalue weighted by Crippen LogP contribution is -2.43. The lowest BCUT2D eigenvalue weighted by molar-refractivity contribution is -0.139. The molecule has 2 aliphatic heterocycles. The molecule has 1 saturated heterocycles. The van der Waals surface area contributed by atoms with Gasteiger partial charge in [-0.05, 0) is 13.3 Å². The first-order valence-electron chi connectivity index (χ1n) is 10.0. The molecule has 1 fully saturated rings. The highest BCUT2D eigenvalue weighted by molar-refractivity contribution is 7.11. The number of carbonyl (C=O) groups excluding carboxylic acids is 1. The summed E-state index contributed by atoms with van der Waals surface area (Å²) in [5.41, 5.74) is -0.729. The maximum absolute atomic E-state index is 14.8. The molecule has 170 valence electrons. The number of hydrogen-bond donors (Lipinski definition) is 2. The van der Waals surface area contributed by atoms with Gasteiger partial charge in [-0.1, -0.05) is 13.8 Å². The molecule has 31 heavy (non-hydrogen) atoms. The van der Waals surface area contributed by atoms with Crippen LogP contribution in [0.4, 0.5) is 8.78 Å². The first kappa shape index (κ1) is 23.3. The third-order valence-electron chi connectivity index (χ3n) is 5.80. The Hall–Kier alpha value is -2.40. The molecule has 0 saturated carbocycles. The lowest BCUT2D eigenvalue weighted by atomic mass is 9.80. The molecule has 1 aromatic heterocycles. The highest BCUT2D eigenvalue weighted by Crippen LogP contribution is 2.49. The van der Waals surface area contributed by atoms with Gasteiger partial charge in [-0.3, -0.25) is 14.7 Å². The zero-order valence-electron chi connectivity index (χ0n) is 17.7. The van der Waals surface area contributed by atoms with Gasteiger partial charge < -0.3 is 15.2 Å². The minimum atomic E-state index is -3.01. The van der Waals surface area contributed by atoms with E-state index in [-0.39, 0.29) is 38.1 Å². The van der Waals surface area contributed by atoms with E-state index in [2.05, 4.69) is 15.3 Å². The molecule has 0 aromatic carbocycles. The summed E-state index contributed by atoms with van der Waals surface area (Å²) in [6, 6.07) is -0.682. The van der Waals surface area contributed by atoms with Crippen LogP contribution in [0.5, 0.6) is 0 Å². The number of carbonyl (C=O) groups is 2. The van der Waals surface area contributed by atoms with Gasteiger partial charge in [0.25, 0.3) is 5.92 Å². The van der Waals surface area contributed by atoms with Crippen molar-refractivity contribution in [3.63, 3.8) is 0 Å². The summed E-state index contributed by atoms with van der Waals surface area (Å²) in [4.78, 5) is 33.7. The Morgan fingerprint density at radius 2 is 2.16 bits per heavy atom. The van der Waals surface area contributed by atoms with Gasteiger partial charge in [-0.15, -0.1) is 11.3 Å². The summed E-state index contributed by atoms with van der Waals surface area (Å²) in [5.74, 6) is -4.14. The Bertz CT molecular complexity index is 899. The van der Waals surface area contributed by atoms with E-state index >= 15 is 0 Å². The summed E-state index contributed by atoms with van der Waals surface area (Å²) in [6.07, 6.45) is 1.48. The number of likely N-dealkylation sites (tertiary alicyclic amines) is 1. The van der Waals surface area contributed by atoms with Gasteiger partial charge >= 0.3 is 11.9 Å². The summed E-state index contributed by atoms with van der Waals surface area (Å²) in [5, 5.41) is 14.6. The van der Waals surface area contributed by atoms with Crippen molar-refractivity contribution in [2.45, 2.75) is 45.6 Å². The molecule has 0 amide bonds. The van der Waals surface area contributed by atoms with Crippen LogP contribution in [0, 0.1) is 5.41 Å². The minimum absolute atomic E-state index is 0.0157. The molecule has 2 aliphatic rings. The van der Waals surface area contributed by atoms with E-state index in [4.69, 9.17) is 9.84 Å². The largest absolute Gasteiger partial charge is 0.481 e. The van der Waals surface area contributed by atoms with Crippen molar-refractivity contribution < 1.29 is 28.2 Å². The Labute approximate surface area is 183 Å². The van der Waals surface area contributed by atoms with E-state index in [1.807, 2.05) is 0 Å². The van der Waals surface area contributed by atoms with Gasteiger partial charge in [0.2, 0.25) is 0 Å². The Balaban J connectivity index is 1.90. The van der Waals surface area contributed by atoms with Crippen LogP contribution >= 0.6 is 11.3 Å². The highest BCUT2D eigenvalue weighted by atomic mass is 32.1. The molecule has 1 aromatic rings. The van der Waals surface area contributed by atoms with Crippen LogP contribution in [-0.4, -0.2) is 71.0 Å². The van der Waals surface area contributed by atoms with Crippen LogP contribution in [0.15, 0.2) is 27.8 Å². The number of aliphatic imine (C=N–C) groups is 1. The number of carboxylic acid groups (broad SMARTS) is 1. The number of carboxylic acids is 1. The lowest BCUT2D eigenvalue weighted by Gasteiger charge is -2.34. The number of nitrogens with one attached hydrogen (secondary N) is 1. The topological polar surface area (TPSA) is 104 Å². The van der Waals surface area contributed by atoms with Crippen molar-refractivity contribution in [1.82, 2.24) is 15.2 Å². The number of nitrogens with zero attached hydrogens (tertiary/aromatic N) is 3. The molecule has 0 radical (unpaired) electrons. The number of thiazole rings is 1. The Morgan fingerprint density at radius 3 is 2.77 bits per heavy atom. The second-order valence-corrected chi connectivity index (χ2v) is 8.98. The fraction of sp³-hybridized carbons (Fsp3) is 0.600. The van der Waals surface area contributed by atoms with Gasteiger partial charge in [-0.2, -0.15) is 0 Å². The number of rotatable bonds is 8. The van der Waals surface area contributed by atoms with E-state index in [0.717, 1.165) is 0 Å². The number of ether oxygens (including phenoxy) is 1. The normalized spacial score (nSPS) is 22.7. The molecule has 2 N–H and O–H groups in total. The van der Waals surface area contributed by atoms with Crippen LogP contribution < -0.4 is 5.32 Å². The zero-order valence-corrected chi connectivity index (χ0v) is 18.5. The van der Waals surface area contributed by atoms with E-state index in [9.17, 15) is 18.4 Å². The highest BCUT2D eigenvalue weighted by Gasteiger charge is 2.60. The molecule has 0 aliphatic carbocycles. The fourth-order valence-corrected chi connectivity index (χ4v) is 4.56. The average molecular weight is 457 g/mol. The molecule has 0 spiro atoms. The van der Waals surface area contributed by atoms with Gasteiger partial charge in [-0.25, -0.2) is 18.6 Å². The quantitative estimate of drug-likeness (QED) is 0.579. The summed E-state index contributed by atoms with van der Waals surface area (Å²) in [7, 11) is 0. The summed E-state index contributed by atoms with van der Waals surface area (Å²) < 4.78 is 34.8. The molecular weight excluding hydrogens is 430 g/mol. The van der Waals surface area contributed by atoms with Crippen molar-refractivity contribution in [2.75, 3.05) is 26.2 Å². The van der Waals surface area contributed by atoms with E-state index in [1.165, 1.54) is 25.2 Å². The van der Waals surface area contributed by atoms with E-state index in [1.54, 1.807) is 23.4 Å². The van der Waals surface area contributed by atoms with Gasteiger partial charge in [0.15, 0.2) is 10.8 Å². The van der Waals surface area contributed by atoms with Crippen LogP contribution in [-0.2, 0) is 14.3 Å². The minimum Gasteiger partial charge on any atom is -0.481 e. The van der Waals surface area contributed by atoms with Crippen molar-refractivity contribution in [3.05, 3.63) is 27.9 Å². The third kappa shape index (κ3) is 4.77. The van der Waals surface area contributed by atoms with Gasteiger partial charge in [0.1, 0.15) is 0 Å². The Kier molecular flexibility index (Phi) is 6.75. The molecule has 8 nitrogen and oxygen atoms in total. The van der Waals surface area contributed by atoms with Crippen molar-refractivity contribution in [1.29, 1.82) is 0 Å². The van der Waals surface area contributed by atoms with Crippen LogP contribution in [0.1, 0.15) is 38.6 Å².